The Morgan fingerprint density at radius 3 is 2.90 bits per heavy atom. The smallest absolute Gasteiger partial charge is 0.347 e. The molecule has 2 heterocycles. The fourth-order valence-corrected chi connectivity index (χ4v) is 4.69. The first-order valence-electron chi connectivity index (χ1n) is 8.63. The summed E-state index contributed by atoms with van der Waals surface area (Å²) in [6.45, 7) is 0.110. The number of aromatic nitrogens is 2. The molecule has 150 valence electrons. The summed E-state index contributed by atoms with van der Waals surface area (Å²) in [6.07, 6.45) is 2.17. The molecule has 4 rings (SSSR count). The van der Waals surface area contributed by atoms with E-state index in [1.54, 1.807) is 18.5 Å². The minimum atomic E-state index is -0.472. The Balaban J connectivity index is 1.59. The molecule has 2 aromatic carbocycles. The standard InChI is InChI=1S/C20H15Cl2FN2O3S/c1-27-20(26)19-17(28-9-11-2-4-13(23)7-14(11)22)8-18(29-19)25-10-24-15-5-3-12(21)6-16(15)25/h2-7,10,18H,8-9H2,1H3. The predicted molar refractivity (Wildman–Crippen MR) is 111 cm³/mol. The second-order valence-electron chi connectivity index (χ2n) is 6.33. The van der Waals surface area contributed by atoms with Gasteiger partial charge in [0, 0.05) is 17.0 Å². The summed E-state index contributed by atoms with van der Waals surface area (Å²) in [6, 6.07) is 9.55. The quantitative estimate of drug-likeness (QED) is 0.463. The Kier molecular flexibility index (Phi) is 5.72. The average Bonchev–Trinajstić information content (AvgIpc) is 3.30. The topological polar surface area (TPSA) is 53.4 Å². The van der Waals surface area contributed by atoms with E-state index in [1.165, 1.54) is 31.0 Å². The van der Waals surface area contributed by atoms with Crippen LogP contribution in [0.25, 0.3) is 11.0 Å². The van der Waals surface area contributed by atoms with Crippen LogP contribution in [-0.4, -0.2) is 22.6 Å². The number of carbonyl (C=O) groups is 1. The van der Waals surface area contributed by atoms with Crippen LogP contribution >= 0.6 is 35.0 Å². The summed E-state index contributed by atoms with van der Waals surface area (Å²) < 4.78 is 26.0. The van der Waals surface area contributed by atoms with Gasteiger partial charge in [0.2, 0.25) is 0 Å². The van der Waals surface area contributed by atoms with Gasteiger partial charge in [-0.25, -0.2) is 14.2 Å². The second-order valence-corrected chi connectivity index (χ2v) is 8.36. The third kappa shape index (κ3) is 4.08. The zero-order chi connectivity index (χ0) is 20.5. The van der Waals surface area contributed by atoms with Crippen molar-refractivity contribution in [3.05, 3.63) is 74.8 Å². The van der Waals surface area contributed by atoms with Crippen molar-refractivity contribution < 1.29 is 18.7 Å². The number of halogens is 3. The molecule has 29 heavy (non-hydrogen) atoms. The second kappa shape index (κ2) is 8.26. The number of rotatable bonds is 5. The first-order valence-corrected chi connectivity index (χ1v) is 10.3. The van der Waals surface area contributed by atoms with Crippen LogP contribution in [0.2, 0.25) is 10.0 Å². The molecular formula is C20H15Cl2FN2O3S. The number of carbonyl (C=O) groups excluding carboxylic acids is 1. The molecule has 0 spiro atoms. The first kappa shape index (κ1) is 20.1. The minimum Gasteiger partial charge on any atom is -0.492 e. The number of nitrogens with zero attached hydrogens (tertiary/aromatic N) is 2. The van der Waals surface area contributed by atoms with Gasteiger partial charge in [0.25, 0.3) is 0 Å². The van der Waals surface area contributed by atoms with Crippen molar-refractivity contribution in [3.63, 3.8) is 0 Å². The molecule has 1 aliphatic heterocycles. The summed E-state index contributed by atoms with van der Waals surface area (Å²) in [7, 11) is 1.32. The Hall–Kier alpha value is -2.22. The van der Waals surface area contributed by atoms with Crippen molar-refractivity contribution in [2.75, 3.05) is 7.11 Å². The third-order valence-electron chi connectivity index (χ3n) is 4.50. The molecule has 1 aliphatic rings. The number of methoxy groups -OCH3 is 1. The molecule has 0 N–H and O–H groups in total. The van der Waals surface area contributed by atoms with E-state index >= 15 is 0 Å². The van der Waals surface area contributed by atoms with Gasteiger partial charge in [-0.15, -0.1) is 0 Å². The molecule has 1 atom stereocenters. The molecule has 0 fully saturated rings. The molecule has 9 heteroatoms. The third-order valence-corrected chi connectivity index (χ3v) is 6.38. The number of thioether (sulfide) groups is 1. The zero-order valence-electron chi connectivity index (χ0n) is 15.2. The number of benzene rings is 2. The Morgan fingerprint density at radius 1 is 1.31 bits per heavy atom. The fourth-order valence-electron chi connectivity index (χ4n) is 3.06. The molecule has 0 bridgehead atoms. The Labute approximate surface area is 180 Å². The lowest BCUT2D eigenvalue weighted by Gasteiger charge is -2.13. The lowest BCUT2D eigenvalue weighted by Crippen LogP contribution is -2.04. The van der Waals surface area contributed by atoms with Crippen LogP contribution in [0.1, 0.15) is 17.4 Å². The van der Waals surface area contributed by atoms with E-state index in [4.69, 9.17) is 32.7 Å². The van der Waals surface area contributed by atoms with E-state index in [0.717, 1.165) is 11.0 Å². The summed E-state index contributed by atoms with van der Waals surface area (Å²) in [5.41, 5.74) is 2.29. The van der Waals surface area contributed by atoms with Gasteiger partial charge >= 0.3 is 5.97 Å². The van der Waals surface area contributed by atoms with Gasteiger partial charge < -0.3 is 14.0 Å². The van der Waals surface area contributed by atoms with E-state index < -0.39 is 11.8 Å². The van der Waals surface area contributed by atoms with Crippen LogP contribution in [0.5, 0.6) is 0 Å². The van der Waals surface area contributed by atoms with Crippen molar-refractivity contribution >= 4 is 52.0 Å². The van der Waals surface area contributed by atoms with Gasteiger partial charge in [-0.1, -0.05) is 41.0 Å². The van der Waals surface area contributed by atoms with Crippen LogP contribution in [0.3, 0.4) is 0 Å². The van der Waals surface area contributed by atoms with Gasteiger partial charge in [0.05, 0.1) is 34.9 Å². The highest BCUT2D eigenvalue weighted by atomic mass is 35.5. The highest BCUT2D eigenvalue weighted by Crippen LogP contribution is 2.47. The van der Waals surface area contributed by atoms with Gasteiger partial charge in [-0.2, -0.15) is 0 Å². The van der Waals surface area contributed by atoms with E-state index in [0.29, 0.717) is 27.7 Å². The van der Waals surface area contributed by atoms with Crippen molar-refractivity contribution in [3.8, 4) is 0 Å². The molecule has 1 aromatic heterocycles. The largest absolute Gasteiger partial charge is 0.492 e. The number of fused-ring (bicyclic) bond motifs is 1. The maximum absolute atomic E-state index is 13.2. The lowest BCUT2D eigenvalue weighted by atomic mass is 10.2. The van der Waals surface area contributed by atoms with Crippen molar-refractivity contribution in [1.82, 2.24) is 9.55 Å². The number of esters is 1. The van der Waals surface area contributed by atoms with Gasteiger partial charge in [-0.3, -0.25) is 0 Å². The lowest BCUT2D eigenvalue weighted by molar-refractivity contribution is -0.135. The zero-order valence-corrected chi connectivity index (χ0v) is 17.5. The van der Waals surface area contributed by atoms with Crippen LogP contribution < -0.4 is 0 Å². The Bertz CT molecular complexity index is 1130. The summed E-state index contributed by atoms with van der Waals surface area (Å²) >= 11 is 13.5. The highest BCUT2D eigenvalue weighted by molar-refractivity contribution is 8.04. The van der Waals surface area contributed by atoms with Crippen LogP contribution in [0, 0.1) is 5.82 Å². The molecule has 0 saturated carbocycles. The fraction of sp³-hybridized carbons (Fsp3) is 0.200. The summed E-state index contributed by atoms with van der Waals surface area (Å²) in [5, 5.41) is 0.722. The molecule has 0 radical (unpaired) electrons. The van der Waals surface area contributed by atoms with Crippen molar-refractivity contribution in [1.29, 1.82) is 0 Å². The number of ether oxygens (including phenoxy) is 2. The summed E-state index contributed by atoms with van der Waals surface area (Å²) in [4.78, 5) is 17.1. The molecule has 3 aromatic rings. The number of allylic oxidation sites excluding steroid dienone is 1. The highest BCUT2D eigenvalue weighted by Gasteiger charge is 2.33. The molecule has 5 nitrogen and oxygen atoms in total. The van der Waals surface area contributed by atoms with E-state index in [9.17, 15) is 9.18 Å². The average molecular weight is 453 g/mol. The molecule has 0 aliphatic carbocycles. The molecular weight excluding hydrogens is 438 g/mol. The molecule has 0 amide bonds. The minimum absolute atomic E-state index is 0.110. The van der Waals surface area contributed by atoms with Crippen molar-refractivity contribution in [2.45, 2.75) is 18.4 Å². The van der Waals surface area contributed by atoms with Crippen molar-refractivity contribution in [2.24, 2.45) is 0 Å². The normalized spacial score (nSPS) is 16.5. The molecule has 1 unspecified atom stereocenters. The van der Waals surface area contributed by atoms with Gasteiger partial charge in [0.15, 0.2) is 0 Å². The number of hydrogen-bond acceptors (Lipinski definition) is 5. The number of imidazole rings is 1. The van der Waals surface area contributed by atoms with E-state index in [-0.39, 0.29) is 17.0 Å². The van der Waals surface area contributed by atoms with E-state index in [1.807, 2.05) is 16.7 Å². The SMILES string of the molecule is COC(=O)C1=C(OCc2ccc(F)cc2Cl)CC(n2cnc3ccc(Cl)cc32)S1. The van der Waals surface area contributed by atoms with Gasteiger partial charge in [-0.05, 0) is 30.3 Å². The predicted octanol–water partition coefficient (Wildman–Crippen LogP) is 5.72. The van der Waals surface area contributed by atoms with Crippen LogP contribution in [0.15, 0.2) is 53.4 Å². The number of hydrogen-bond donors (Lipinski definition) is 0. The maximum atomic E-state index is 13.2. The Morgan fingerprint density at radius 2 is 2.14 bits per heavy atom. The maximum Gasteiger partial charge on any atom is 0.347 e. The molecule has 0 saturated heterocycles. The van der Waals surface area contributed by atoms with E-state index in [2.05, 4.69) is 4.98 Å². The van der Waals surface area contributed by atoms with Gasteiger partial charge in [0.1, 0.15) is 23.1 Å². The first-order chi connectivity index (χ1) is 14.0. The van der Waals surface area contributed by atoms with Crippen LogP contribution in [-0.2, 0) is 20.9 Å². The monoisotopic (exact) mass is 452 g/mol. The summed E-state index contributed by atoms with van der Waals surface area (Å²) in [5.74, 6) is -0.397. The van der Waals surface area contributed by atoms with Crippen LogP contribution in [0.4, 0.5) is 4.39 Å².